The minimum Gasteiger partial charge on any atom is -0.481 e. The van der Waals surface area contributed by atoms with Crippen molar-refractivity contribution in [1.29, 1.82) is 0 Å². The summed E-state index contributed by atoms with van der Waals surface area (Å²) < 4.78 is 0. The van der Waals surface area contributed by atoms with Crippen molar-refractivity contribution in [3.05, 3.63) is 29.8 Å². The Bertz CT molecular complexity index is 424. The van der Waals surface area contributed by atoms with E-state index < -0.39 is 5.97 Å². The molecule has 0 heterocycles. The van der Waals surface area contributed by atoms with E-state index in [0.717, 1.165) is 23.0 Å². The average Bonchev–Trinajstić information content (AvgIpc) is 2.31. The van der Waals surface area contributed by atoms with Gasteiger partial charge in [-0.25, -0.2) is 0 Å². The zero-order chi connectivity index (χ0) is 13.4. The highest BCUT2D eigenvalue weighted by Gasteiger charge is 2.07. The lowest BCUT2D eigenvalue weighted by atomic mass is 10.2. The van der Waals surface area contributed by atoms with Gasteiger partial charge in [0.1, 0.15) is 0 Å². The first-order valence-electron chi connectivity index (χ1n) is 5.45. The molecule has 1 aromatic carbocycles. The van der Waals surface area contributed by atoms with Crippen LogP contribution in [0.15, 0.2) is 24.3 Å². The van der Waals surface area contributed by atoms with Crippen molar-refractivity contribution < 1.29 is 14.7 Å². The number of hydrogen-bond donors (Lipinski definition) is 3. The Morgan fingerprint density at radius 2 is 2.00 bits per heavy atom. The summed E-state index contributed by atoms with van der Waals surface area (Å²) in [5.41, 5.74) is 1.75. The van der Waals surface area contributed by atoms with Crippen molar-refractivity contribution in [2.45, 2.75) is 6.54 Å². The number of carboxylic acid groups (broad SMARTS) is 1. The van der Waals surface area contributed by atoms with Gasteiger partial charge in [0.05, 0.1) is 11.5 Å². The Hall–Kier alpha value is -1.53. The van der Waals surface area contributed by atoms with E-state index >= 15 is 0 Å². The molecular formula is C12H16N2O3S. The molecule has 0 spiro atoms. The van der Waals surface area contributed by atoms with Crippen LogP contribution >= 0.6 is 11.8 Å². The molecule has 1 rings (SSSR count). The van der Waals surface area contributed by atoms with Crippen molar-refractivity contribution in [3.8, 4) is 0 Å². The summed E-state index contributed by atoms with van der Waals surface area (Å²) >= 11 is 1.08. The highest BCUT2D eigenvalue weighted by atomic mass is 32.2. The molecule has 98 valence electrons. The molecule has 18 heavy (non-hydrogen) atoms. The number of anilines is 1. The van der Waals surface area contributed by atoms with Gasteiger partial charge < -0.3 is 15.7 Å². The maximum absolute atomic E-state index is 11.6. The normalized spacial score (nSPS) is 10.1. The third kappa shape index (κ3) is 5.20. The maximum Gasteiger partial charge on any atom is 0.313 e. The Kier molecular flexibility index (Phi) is 6.24. The fourth-order valence-electron chi connectivity index (χ4n) is 1.40. The van der Waals surface area contributed by atoms with Gasteiger partial charge in [-0.3, -0.25) is 9.59 Å². The number of thioether (sulfide) groups is 1. The Balaban J connectivity index is 2.50. The number of para-hydroxylation sites is 1. The highest BCUT2D eigenvalue weighted by Crippen LogP contribution is 2.15. The van der Waals surface area contributed by atoms with Gasteiger partial charge in [0, 0.05) is 12.2 Å². The first-order chi connectivity index (χ1) is 8.63. The molecule has 0 saturated carbocycles. The molecule has 0 bridgehead atoms. The average molecular weight is 268 g/mol. The number of carbonyl (C=O) groups is 2. The summed E-state index contributed by atoms with van der Waals surface area (Å²) in [7, 11) is 1.83. The lowest BCUT2D eigenvalue weighted by molar-refractivity contribution is -0.133. The minimum absolute atomic E-state index is 0.0639. The van der Waals surface area contributed by atoms with Gasteiger partial charge in [-0.2, -0.15) is 0 Å². The first-order valence-corrected chi connectivity index (χ1v) is 6.61. The third-order valence-corrected chi connectivity index (χ3v) is 3.03. The molecule has 0 saturated heterocycles. The lowest BCUT2D eigenvalue weighted by Gasteiger charge is -2.10. The van der Waals surface area contributed by atoms with Gasteiger partial charge in [0.2, 0.25) is 5.91 Å². The fraction of sp³-hybridized carbons (Fsp3) is 0.333. The van der Waals surface area contributed by atoms with E-state index in [4.69, 9.17) is 5.11 Å². The molecule has 0 radical (unpaired) electrons. The molecular weight excluding hydrogens is 252 g/mol. The highest BCUT2D eigenvalue weighted by molar-refractivity contribution is 8.00. The SMILES string of the molecule is CNCc1ccccc1NC(=O)CSCC(=O)O. The summed E-state index contributed by atoms with van der Waals surface area (Å²) in [5, 5.41) is 14.3. The summed E-state index contributed by atoms with van der Waals surface area (Å²) in [6.07, 6.45) is 0. The van der Waals surface area contributed by atoms with E-state index in [2.05, 4.69) is 10.6 Å². The second-order valence-electron chi connectivity index (χ2n) is 3.62. The predicted molar refractivity (Wildman–Crippen MR) is 72.8 cm³/mol. The van der Waals surface area contributed by atoms with Crippen LogP contribution in [0.2, 0.25) is 0 Å². The Morgan fingerprint density at radius 1 is 1.28 bits per heavy atom. The van der Waals surface area contributed by atoms with Crippen molar-refractivity contribution in [2.24, 2.45) is 0 Å². The van der Waals surface area contributed by atoms with Crippen LogP contribution in [0.5, 0.6) is 0 Å². The molecule has 3 N–H and O–H groups in total. The molecule has 1 aromatic rings. The van der Waals surface area contributed by atoms with Crippen molar-refractivity contribution in [2.75, 3.05) is 23.9 Å². The van der Waals surface area contributed by atoms with Gasteiger partial charge in [-0.15, -0.1) is 11.8 Å². The van der Waals surface area contributed by atoms with Crippen molar-refractivity contribution in [3.63, 3.8) is 0 Å². The number of rotatable bonds is 7. The number of carbonyl (C=O) groups excluding carboxylic acids is 1. The monoisotopic (exact) mass is 268 g/mol. The first kappa shape index (κ1) is 14.5. The maximum atomic E-state index is 11.6. The number of hydrogen-bond acceptors (Lipinski definition) is 4. The molecule has 0 aliphatic heterocycles. The summed E-state index contributed by atoms with van der Waals surface area (Å²) in [5.74, 6) is -1.03. The van der Waals surface area contributed by atoms with Gasteiger partial charge in [-0.1, -0.05) is 18.2 Å². The van der Waals surface area contributed by atoms with E-state index in [-0.39, 0.29) is 17.4 Å². The number of benzene rings is 1. The Labute approximate surface area is 110 Å². The van der Waals surface area contributed by atoms with Gasteiger partial charge in [-0.05, 0) is 18.7 Å². The van der Waals surface area contributed by atoms with Crippen LogP contribution in [-0.2, 0) is 16.1 Å². The van der Waals surface area contributed by atoms with Gasteiger partial charge in [0.25, 0.3) is 0 Å². The molecule has 6 heteroatoms. The molecule has 0 atom stereocenters. The Morgan fingerprint density at radius 3 is 2.67 bits per heavy atom. The third-order valence-electron chi connectivity index (χ3n) is 2.12. The standard InChI is InChI=1S/C12H16N2O3S/c1-13-6-9-4-2-3-5-10(9)14-11(15)7-18-8-12(16)17/h2-5,13H,6-8H2,1H3,(H,14,15)(H,16,17). The van der Waals surface area contributed by atoms with Crippen LogP contribution in [0.25, 0.3) is 0 Å². The number of amides is 1. The van der Waals surface area contributed by atoms with Gasteiger partial charge in [0.15, 0.2) is 0 Å². The molecule has 0 fully saturated rings. The zero-order valence-electron chi connectivity index (χ0n) is 10.1. The van der Waals surface area contributed by atoms with Crippen LogP contribution in [0.4, 0.5) is 5.69 Å². The van der Waals surface area contributed by atoms with E-state index in [9.17, 15) is 9.59 Å². The van der Waals surface area contributed by atoms with E-state index in [0.29, 0.717) is 6.54 Å². The van der Waals surface area contributed by atoms with Crippen molar-refractivity contribution in [1.82, 2.24) is 5.32 Å². The fourth-order valence-corrected chi connectivity index (χ4v) is 1.94. The van der Waals surface area contributed by atoms with Crippen LogP contribution in [-0.4, -0.2) is 35.5 Å². The quantitative estimate of drug-likeness (QED) is 0.691. The minimum atomic E-state index is -0.914. The number of nitrogens with one attached hydrogen (secondary N) is 2. The number of aliphatic carboxylic acids is 1. The van der Waals surface area contributed by atoms with Crippen LogP contribution in [0.1, 0.15) is 5.56 Å². The molecule has 5 nitrogen and oxygen atoms in total. The molecule has 0 aliphatic rings. The largest absolute Gasteiger partial charge is 0.481 e. The summed E-state index contributed by atoms with van der Waals surface area (Å²) in [6.45, 7) is 0.665. The molecule has 0 aromatic heterocycles. The van der Waals surface area contributed by atoms with E-state index in [1.54, 1.807) is 0 Å². The topological polar surface area (TPSA) is 78.4 Å². The van der Waals surface area contributed by atoms with Crippen molar-refractivity contribution >= 4 is 29.3 Å². The second kappa shape index (κ2) is 7.73. The molecule has 1 amide bonds. The predicted octanol–water partition coefficient (Wildman–Crippen LogP) is 1.16. The number of carboxylic acids is 1. The van der Waals surface area contributed by atoms with Crippen LogP contribution in [0, 0.1) is 0 Å². The summed E-state index contributed by atoms with van der Waals surface area (Å²) in [4.78, 5) is 21.9. The summed E-state index contributed by atoms with van der Waals surface area (Å²) in [6, 6.07) is 7.50. The van der Waals surface area contributed by atoms with Crippen LogP contribution in [0.3, 0.4) is 0 Å². The lowest BCUT2D eigenvalue weighted by Crippen LogP contribution is -2.17. The molecule has 0 aliphatic carbocycles. The van der Waals surface area contributed by atoms with E-state index in [1.807, 2.05) is 31.3 Å². The van der Waals surface area contributed by atoms with E-state index in [1.165, 1.54) is 0 Å². The second-order valence-corrected chi connectivity index (χ2v) is 4.61. The smallest absolute Gasteiger partial charge is 0.313 e. The molecule has 0 unspecified atom stereocenters. The zero-order valence-corrected chi connectivity index (χ0v) is 10.9. The van der Waals surface area contributed by atoms with Crippen LogP contribution < -0.4 is 10.6 Å². The van der Waals surface area contributed by atoms with Gasteiger partial charge >= 0.3 is 5.97 Å².